The maximum atomic E-state index is 4.66. The van der Waals surface area contributed by atoms with Gasteiger partial charge in [-0.05, 0) is 0 Å². The molecule has 0 rings (SSSR count). The van der Waals surface area contributed by atoms with Gasteiger partial charge in [0, 0.05) is 0 Å². The Hall–Kier alpha value is 0.650. The van der Waals surface area contributed by atoms with Crippen LogP contribution in [0.5, 0.6) is 0 Å². The first-order chi connectivity index (χ1) is 3.91. The molecule has 0 saturated carbocycles. The second-order valence-corrected chi connectivity index (χ2v) is 4.93. The summed E-state index contributed by atoms with van der Waals surface area (Å²) >= 11 is 0.473. The Labute approximate surface area is 61.2 Å². The number of rotatable bonds is 5. The Balaban J connectivity index is 2.53. The zero-order valence-electron chi connectivity index (χ0n) is 5.41. The molecule has 0 aliphatic rings. The van der Waals surface area contributed by atoms with Crippen molar-refractivity contribution in [1.29, 1.82) is 0 Å². The van der Waals surface area contributed by atoms with Crippen LogP contribution in [-0.2, 0) is 4.84 Å². The van der Waals surface area contributed by atoms with Crippen LogP contribution >= 0.6 is 0 Å². The summed E-state index contributed by atoms with van der Waals surface area (Å²) in [5, 5.41) is 0. The van der Waals surface area contributed by atoms with E-state index in [0.717, 1.165) is 6.54 Å². The topological polar surface area (TPSA) is 21.3 Å². The minimum absolute atomic E-state index is 0.473. The van der Waals surface area contributed by atoms with Gasteiger partial charge in [-0.1, -0.05) is 0 Å². The van der Waals surface area contributed by atoms with Crippen LogP contribution in [0.15, 0.2) is 0 Å². The molecule has 2 nitrogen and oxygen atoms in total. The zero-order valence-corrected chi connectivity index (χ0v) is 7.57. The van der Waals surface area contributed by atoms with Crippen molar-refractivity contribution < 1.29 is 26.0 Å². The van der Waals surface area contributed by atoms with Crippen LogP contribution < -0.4 is 26.7 Å². The van der Waals surface area contributed by atoms with E-state index in [1.807, 2.05) is 0 Å². The molecule has 1 N–H and O–H groups in total. The molecule has 0 unspecified atom stereocenters. The van der Waals surface area contributed by atoms with E-state index in [4.69, 9.17) is 0 Å². The molecule has 0 aliphatic heterocycles. The number of alkyl halides is 2. The minimum atomic E-state index is 0.473. The molecule has 0 amide bonds. The number of halogens is 1. The normalized spacial score (nSPS) is 10.2. The quantitative estimate of drug-likeness (QED) is 0.239. The van der Waals surface area contributed by atoms with Crippen LogP contribution in [0.4, 0.5) is 0 Å². The second-order valence-electron chi connectivity index (χ2n) is 1.24. The van der Waals surface area contributed by atoms with E-state index in [1.54, 1.807) is 7.11 Å². The average molecular weight is 230 g/mol. The number of hydrogen-bond donors (Lipinski definition) is 1. The molecule has 0 aromatic heterocycles. The molecule has 52 valence electrons. The van der Waals surface area contributed by atoms with Crippen LogP contribution in [0, 0.1) is 0 Å². The number of hydroxylamine groups is 1. The van der Waals surface area contributed by atoms with Crippen LogP contribution in [-0.4, -0.2) is 22.5 Å². The van der Waals surface area contributed by atoms with E-state index in [2.05, 4.69) is 17.2 Å². The average Bonchev–Trinajstić information content (AvgIpc) is 1.81. The fourth-order valence-electron chi connectivity index (χ4n) is 0.341. The Morgan fingerprint density at radius 2 is 2.38 bits per heavy atom. The number of nitrogens with one attached hydrogen (secondary N) is 1. The van der Waals surface area contributed by atoms with Gasteiger partial charge in [0.2, 0.25) is 0 Å². The molecule has 0 spiro atoms. The van der Waals surface area contributed by atoms with Crippen molar-refractivity contribution in [2.75, 3.05) is 22.5 Å². The summed E-state index contributed by atoms with van der Waals surface area (Å²) in [4.78, 5) is 4.66. The first-order valence-corrected chi connectivity index (χ1v) is 5.76. The predicted octanol–water partition coefficient (Wildman–Crippen LogP) is -2.75. The van der Waals surface area contributed by atoms with Gasteiger partial charge in [-0.2, -0.15) is 0 Å². The van der Waals surface area contributed by atoms with Gasteiger partial charge in [-0.15, -0.1) is 0 Å². The summed E-state index contributed by atoms with van der Waals surface area (Å²) in [7, 11) is 1.66. The van der Waals surface area contributed by atoms with Gasteiger partial charge in [0.25, 0.3) is 0 Å². The maximum absolute atomic E-state index is 4.66. The second kappa shape index (κ2) is 7.65. The molecule has 0 fully saturated rings. The van der Waals surface area contributed by atoms with Crippen molar-refractivity contribution in [1.82, 2.24) is 5.48 Å². The molecule has 0 aliphatic carbocycles. The summed E-state index contributed by atoms with van der Waals surface area (Å²) in [5.41, 5.74) is 2.81. The van der Waals surface area contributed by atoms with Gasteiger partial charge in [0.15, 0.2) is 0 Å². The van der Waals surface area contributed by atoms with Crippen molar-refractivity contribution in [3.05, 3.63) is 0 Å². The van der Waals surface area contributed by atoms with Crippen LogP contribution in [0.25, 0.3) is 0 Å². The van der Waals surface area contributed by atoms with Crippen LogP contribution in [0.3, 0.4) is 0 Å². The van der Waals surface area contributed by atoms with Gasteiger partial charge < -0.3 is 0 Å². The van der Waals surface area contributed by atoms with Crippen molar-refractivity contribution in [2.24, 2.45) is 0 Å². The molecule has 0 aromatic carbocycles. The summed E-state index contributed by atoms with van der Waals surface area (Å²) in [6, 6.07) is 0. The van der Waals surface area contributed by atoms with Crippen molar-refractivity contribution >= 4 is 0 Å². The Kier molecular flexibility index (Phi) is 8.27. The molecular weight excluding hydrogens is 217 g/mol. The van der Waals surface area contributed by atoms with E-state index in [0.29, 0.717) is 21.2 Å². The molecule has 3 heteroatoms. The first-order valence-electron chi connectivity index (χ1n) is 2.71. The monoisotopic (exact) mass is 230 g/mol. The third-order valence-electron chi connectivity index (χ3n) is 0.664. The third kappa shape index (κ3) is 6.65. The summed E-state index contributed by atoms with van der Waals surface area (Å²) < 4.78 is 2.70. The molecule has 8 heavy (non-hydrogen) atoms. The zero-order chi connectivity index (χ0) is 6.24. The van der Waals surface area contributed by atoms with Crippen LogP contribution in [0.2, 0.25) is 0 Å². The molecule has 0 radical (unpaired) electrons. The van der Waals surface area contributed by atoms with E-state index < -0.39 is 0 Å². The predicted molar refractivity (Wildman–Crippen MR) is 30.4 cm³/mol. The Bertz CT molecular complexity index is 37.4. The van der Waals surface area contributed by atoms with Gasteiger partial charge in [-0.3, -0.25) is 0 Å². The molecule has 0 aromatic rings. The summed E-state index contributed by atoms with van der Waals surface area (Å²) in [5.74, 6) is 0. The van der Waals surface area contributed by atoms with Gasteiger partial charge in [-0.25, -0.2) is 0 Å². The fraction of sp³-hybridized carbons (Fsp3) is 1.00. The van der Waals surface area contributed by atoms with Crippen molar-refractivity contribution in [2.45, 2.75) is 6.92 Å². The number of hydrogen-bond acceptors (Lipinski definition) is 2. The van der Waals surface area contributed by atoms with Gasteiger partial charge in [0.05, 0.1) is 0 Å². The summed E-state index contributed by atoms with van der Waals surface area (Å²) in [6.45, 7) is 3.26. The molecular formula is C5H13INO-. The van der Waals surface area contributed by atoms with Crippen molar-refractivity contribution in [3.8, 4) is 0 Å². The van der Waals surface area contributed by atoms with Crippen molar-refractivity contribution in [3.63, 3.8) is 0 Å². The van der Waals surface area contributed by atoms with Gasteiger partial charge >= 0.3 is 61.0 Å². The summed E-state index contributed by atoms with van der Waals surface area (Å²) in [6.07, 6.45) is 0. The molecule has 0 bridgehead atoms. The molecule has 0 heterocycles. The molecule has 0 saturated heterocycles. The van der Waals surface area contributed by atoms with E-state index in [9.17, 15) is 0 Å². The first kappa shape index (κ1) is 8.65. The van der Waals surface area contributed by atoms with Gasteiger partial charge in [0.1, 0.15) is 0 Å². The van der Waals surface area contributed by atoms with E-state index in [-0.39, 0.29) is 0 Å². The Morgan fingerprint density at radius 3 is 2.88 bits per heavy atom. The van der Waals surface area contributed by atoms with E-state index >= 15 is 0 Å². The Morgan fingerprint density at radius 1 is 1.62 bits per heavy atom. The SMILES string of the molecule is CC[I-]CCNOC. The third-order valence-corrected chi connectivity index (χ3v) is 3.04. The fourth-order valence-corrected chi connectivity index (χ4v) is 1.71. The molecule has 0 atom stereocenters. The van der Waals surface area contributed by atoms with E-state index in [1.165, 1.54) is 8.86 Å². The van der Waals surface area contributed by atoms with Crippen LogP contribution in [0.1, 0.15) is 6.92 Å². The standard InChI is InChI=1S/C5H13INO/c1-3-6-4-5-7-8-2/h7H,3-5H2,1-2H3/q-1.